The van der Waals surface area contributed by atoms with Gasteiger partial charge >= 0.3 is 5.97 Å². The van der Waals surface area contributed by atoms with Crippen molar-refractivity contribution in [2.24, 2.45) is 0 Å². The average molecular weight is 433 g/mol. The van der Waals surface area contributed by atoms with Gasteiger partial charge in [-0.05, 0) is 48.0 Å². The van der Waals surface area contributed by atoms with Crippen LogP contribution in [0, 0.1) is 0 Å². The number of nitrogens with zero attached hydrogens (tertiary/aromatic N) is 1. The fourth-order valence-corrected chi connectivity index (χ4v) is 4.78. The summed E-state index contributed by atoms with van der Waals surface area (Å²) in [7, 11) is -2.27. The van der Waals surface area contributed by atoms with E-state index in [1.807, 2.05) is 4.57 Å². The average Bonchev–Trinajstić information content (AvgIpc) is 3.16. The van der Waals surface area contributed by atoms with E-state index in [1.165, 1.54) is 7.11 Å². The fraction of sp³-hybridized carbons (Fsp3) is 0.0833. The van der Waals surface area contributed by atoms with Gasteiger partial charge in [0.15, 0.2) is 6.29 Å². The molecule has 0 bridgehead atoms. The molecule has 6 nitrogen and oxygen atoms in total. The smallest absolute Gasteiger partial charge is 0.337 e. The number of aldehydes is 1. The Morgan fingerprint density at radius 3 is 2.29 bits per heavy atom. The van der Waals surface area contributed by atoms with Crippen LogP contribution in [0.1, 0.15) is 26.3 Å². The normalized spacial score (nSPS) is 11.4. The van der Waals surface area contributed by atoms with Crippen LogP contribution in [0.5, 0.6) is 0 Å². The summed E-state index contributed by atoms with van der Waals surface area (Å²) in [6.07, 6.45) is 2.46. The molecule has 31 heavy (non-hydrogen) atoms. The second-order valence-corrected chi connectivity index (χ2v) is 8.96. The summed E-state index contributed by atoms with van der Waals surface area (Å²) in [5.74, 6) is -0.471. The third-order valence-corrected chi connectivity index (χ3v) is 6.89. The summed E-state index contributed by atoms with van der Waals surface area (Å²) >= 11 is 0. The van der Waals surface area contributed by atoms with Crippen molar-refractivity contribution in [2.45, 2.75) is 16.3 Å². The Morgan fingerprint density at radius 1 is 0.968 bits per heavy atom. The highest BCUT2D eigenvalue weighted by atomic mass is 32.2. The number of ether oxygens (including phenoxy) is 1. The highest BCUT2D eigenvalue weighted by molar-refractivity contribution is 7.91. The minimum absolute atomic E-state index is 0.219. The summed E-state index contributed by atoms with van der Waals surface area (Å²) < 4.78 is 32.1. The van der Waals surface area contributed by atoms with Gasteiger partial charge in [-0.2, -0.15) is 0 Å². The minimum Gasteiger partial charge on any atom is -0.465 e. The maximum atomic E-state index is 12.8. The summed E-state index contributed by atoms with van der Waals surface area (Å²) in [6, 6.07) is 20.0. The molecule has 0 fully saturated rings. The van der Waals surface area contributed by atoms with Crippen LogP contribution in [0.3, 0.4) is 0 Å². The van der Waals surface area contributed by atoms with Crippen LogP contribution >= 0.6 is 0 Å². The first-order chi connectivity index (χ1) is 14.9. The van der Waals surface area contributed by atoms with E-state index in [4.69, 9.17) is 4.74 Å². The molecular weight excluding hydrogens is 414 g/mol. The van der Waals surface area contributed by atoms with Gasteiger partial charge in [0.1, 0.15) is 0 Å². The molecule has 4 aromatic rings. The van der Waals surface area contributed by atoms with Crippen molar-refractivity contribution in [3.63, 3.8) is 0 Å². The molecule has 156 valence electrons. The first-order valence-corrected chi connectivity index (χ1v) is 11.0. The highest BCUT2D eigenvalue weighted by Crippen LogP contribution is 2.25. The molecule has 7 heteroatoms. The number of fused-ring (bicyclic) bond motifs is 1. The minimum atomic E-state index is -3.58. The monoisotopic (exact) mass is 433 g/mol. The van der Waals surface area contributed by atoms with Gasteiger partial charge in [-0.15, -0.1) is 0 Å². The number of carbonyl (C=O) groups is 2. The number of methoxy groups -OCH3 is 1. The van der Waals surface area contributed by atoms with Crippen molar-refractivity contribution in [1.82, 2.24) is 4.57 Å². The lowest BCUT2D eigenvalue weighted by Crippen LogP contribution is -2.03. The Labute approximate surface area is 179 Å². The van der Waals surface area contributed by atoms with Crippen LogP contribution < -0.4 is 0 Å². The first kappa shape index (κ1) is 20.6. The van der Waals surface area contributed by atoms with E-state index >= 15 is 0 Å². The Kier molecular flexibility index (Phi) is 5.44. The second-order valence-electron chi connectivity index (χ2n) is 7.01. The van der Waals surface area contributed by atoms with Crippen molar-refractivity contribution in [3.05, 3.63) is 95.7 Å². The van der Waals surface area contributed by atoms with Gasteiger partial charge in [0, 0.05) is 29.2 Å². The molecule has 4 rings (SSSR count). The Bertz CT molecular complexity index is 1370. The number of carbonyl (C=O) groups excluding carboxylic acids is 2. The van der Waals surface area contributed by atoms with Gasteiger partial charge < -0.3 is 9.30 Å². The zero-order chi connectivity index (χ0) is 22.0. The van der Waals surface area contributed by atoms with E-state index in [0.29, 0.717) is 23.1 Å². The summed E-state index contributed by atoms with van der Waals surface area (Å²) in [5, 5.41) is 0.654. The van der Waals surface area contributed by atoms with E-state index in [9.17, 15) is 18.0 Å². The zero-order valence-corrected chi connectivity index (χ0v) is 17.5. The molecule has 0 saturated carbocycles. The fourth-order valence-electron chi connectivity index (χ4n) is 3.50. The molecule has 0 saturated heterocycles. The molecule has 0 spiro atoms. The second kappa shape index (κ2) is 8.20. The Balaban J connectivity index is 1.65. The van der Waals surface area contributed by atoms with Crippen LogP contribution in [-0.4, -0.2) is 32.4 Å². The molecule has 0 atom stereocenters. The lowest BCUT2D eigenvalue weighted by atomic mass is 10.1. The number of esters is 1. The summed E-state index contributed by atoms with van der Waals surface area (Å²) in [5.41, 5.74) is 2.49. The van der Waals surface area contributed by atoms with Crippen LogP contribution in [0.15, 0.2) is 88.8 Å². The van der Waals surface area contributed by atoms with Gasteiger partial charge in [-0.3, -0.25) is 4.79 Å². The van der Waals surface area contributed by atoms with Crippen molar-refractivity contribution in [1.29, 1.82) is 0 Å². The standard InChI is InChI=1S/C24H19NO5S/c1-30-24(27)18-9-12-23-22(13-18)19(16-26)15-25(23)14-17-7-10-21(11-8-17)31(28,29)20-5-3-2-4-6-20/h2-13,15-16H,14H2,1H3. The first-order valence-electron chi connectivity index (χ1n) is 9.49. The topological polar surface area (TPSA) is 82.4 Å². The maximum Gasteiger partial charge on any atom is 0.337 e. The quantitative estimate of drug-likeness (QED) is 0.337. The third kappa shape index (κ3) is 3.87. The van der Waals surface area contributed by atoms with Gasteiger partial charge in [-0.25, -0.2) is 13.2 Å². The number of hydrogen-bond donors (Lipinski definition) is 0. The lowest BCUT2D eigenvalue weighted by molar-refractivity contribution is 0.0600. The van der Waals surface area contributed by atoms with E-state index < -0.39 is 15.8 Å². The predicted molar refractivity (Wildman–Crippen MR) is 116 cm³/mol. The van der Waals surface area contributed by atoms with Crippen LogP contribution in [0.25, 0.3) is 10.9 Å². The van der Waals surface area contributed by atoms with Crippen molar-refractivity contribution in [3.8, 4) is 0 Å². The van der Waals surface area contributed by atoms with Crippen molar-refractivity contribution in [2.75, 3.05) is 7.11 Å². The molecule has 0 unspecified atom stereocenters. The summed E-state index contributed by atoms with van der Waals surface area (Å²) in [6.45, 7) is 0.438. The van der Waals surface area contributed by atoms with Crippen LogP contribution in [0.2, 0.25) is 0 Å². The Hall–Kier alpha value is -3.71. The van der Waals surface area contributed by atoms with E-state index in [1.54, 1.807) is 79.0 Å². The summed E-state index contributed by atoms with van der Waals surface area (Å²) in [4.78, 5) is 23.8. The molecule has 0 aliphatic rings. The van der Waals surface area contributed by atoms with Crippen LogP contribution in [-0.2, 0) is 21.1 Å². The number of aromatic nitrogens is 1. The molecular formula is C24H19NO5S. The molecule has 0 aliphatic carbocycles. The molecule has 0 radical (unpaired) electrons. The molecule has 3 aromatic carbocycles. The van der Waals surface area contributed by atoms with Crippen molar-refractivity contribution < 1.29 is 22.7 Å². The van der Waals surface area contributed by atoms with E-state index in [-0.39, 0.29) is 9.79 Å². The maximum absolute atomic E-state index is 12.8. The van der Waals surface area contributed by atoms with E-state index in [0.717, 1.165) is 17.4 Å². The van der Waals surface area contributed by atoms with Crippen LogP contribution in [0.4, 0.5) is 0 Å². The van der Waals surface area contributed by atoms with Gasteiger partial charge in [-0.1, -0.05) is 30.3 Å². The molecule has 0 aliphatic heterocycles. The number of rotatable bonds is 6. The number of hydrogen-bond acceptors (Lipinski definition) is 5. The molecule has 1 heterocycles. The van der Waals surface area contributed by atoms with Gasteiger partial charge in [0.25, 0.3) is 0 Å². The Morgan fingerprint density at radius 2 is 1.65 bits per heavy atom. The van der Waals surface area contributed by atoms with E-state index in [2.05, 4.69) is 0 Å². The number of sulfone groups is 1. The molecule has 0 N–H and O–H groups in total. The predicted octanol–water partition coefficient (Wildman–Crippen LogP) is 4.12. The molecule has 1 aromatic heterocycles. The third-order valence-electron chi connectivity index (χ3n) is 5.10. The van der Waals surface area contributed by atoms with Gasteiger partial charge in [0.05, 0.1) is 22.5 Å². The SMILES string of the molecule is COC(=O)c1ccc2c(c1)c(C=O)cn2Cc1ccc(S(=O)(=O)c2ccccc2)cc1. The molecule has 0 amide bonds. The van der Waals surface area contributed by atoms with Gasteiger partial charge in [0.2, 0.25) is 9.84 Å². The van der Waals surface area contributed by atoms with Crippen molar-refractivity contribution >= 4 is 33.0 Å². The lowest BCUT2D eigenvalue weighted by Gasteiger charge is -2.08. The highest BCUT2D eigenvalue weighted by Gasteiger charge is 2.17. The largest absolute Gasteiger partial charge is 0.465 e. The number of benzene rings is 3. The zero-order valence-electron chi connectivity index (χ0n) is 16.7.